The standard InChI is InChI=1S/C10H10N7S2/c1-7-12-10(15-13-7)18-9-4-2-3-5-17(9)19-8-6-11-16-14-8/h2-6H,1H3,(H,11,14,16)(H,12,13,15)/q+1. The normalized spacial score (nSPS) is 10.8. The number of aromatic amines is 2. The summed E-state index contributed by atoms with van der Waals surface area (Å²) in [6.07, 6.45) is 3.64. The fraction of sp³-hybridized carbons (Fsp3) is 0.100. The van der Waals surface area contributed by atoms with Gasteiger partial charge in [-0.3, -0.25) is 5.10 Å². The molecule has 0 bridgehead atoms. The zero-order valence-electron chi connectivity index (χ0n) is 9.94. The van der Waals surface area contributed by atoms with Gasteiger partial charge in [-0.05, 0) is 13.0 Å². The molecule has 0 aliphatic heterocycles. The molecule has 2 N–H and O–H groups in total. The van der Waals surface area contributed by atoms with Gasteiger partial charge in [0, 0.05) is 23.9 Å². The van der Waals surface area contributed by atoms with Crippen molar-refractivity contribution < 1.29 is 3.97 Å². The first-order valence-corrected chi connectivity index (χ1v) is 7.02. The number of aryl methyl sites for hydroxylation is 1. The van der Waals surface area contributed by atoms with Crippen LogP contribution in [-0.2, 0) is 0 Å². The van der Waals surface area contributed by atoms with Crippen LogP contribution in [0.25, 0.3) is 0 Å². The second kappa shape index (κ2) is 5.41. The molecule has 3 aromatic rings. The fourth-order valence-corrected chi connectivity index (χ4v) is 3.01. The molecule has 0 aliphatic carbocycles. The van der Waals surface area contributed by atoms with Crippen LogP contribution in [-0.4, -0.2) is 30.6 Å². The van der Waals surface area contributed by atoms with Crippen molar-refractivity contribution in [2.45, 2.75) is 22.1 Å². The maximum absolute atomic E-state index is 4.28. The van der Waals surface area contributed by atoms with Gasteiger partial charge in [0.1, 0.15) is 5.82 Å². The summed E-state index contributed by atoms with van der Waals surface area (Å²) in [5, 5.41) is 19.8. The number of hydrogen-bond donors (Lipinski definition) is 2. The van der Waals surface area contributed by atoms with Gasteiger partial charge >= 0.3 is 0 Å². The summed E-state index contributed by atoms with van der Waals surface area (Å²) in [7, 11) is 0. The summed E-state index contributed by atoms with van der Waals surface area (Å²) in [6.45, 7) is 1.88. The summed E-state index contributed by atoms with van der Waals surface area (Å²) in [6, 6.07) is 5.94. The second-order valence-electron chi connectivity index (χ2n) is 3.57. The summed E-state index contributed by atoms with van der Waals surface area (Å²) < 4.78 is 1.99. The number of pyridine rings is 1. The smallest absolute Gasteiger partial charge is 0.261 e. The van der Waals surface area contributed by atoms with Gasteiger partial charge in [-0.2, -0.15) is 10.3 Å². The molecular formula is C10H10N7S2+. The van der Waals surface area contributed by atoms with Crippen LogP contribution in [0, 0.1) is 6.92 Å². The monoisotopic (exact) mass is 292 g/mol. The lowest BCUT2D eigenvalue weighted by Gasteiger charge is -1.96. The Morgan fingerprint density at radius 3 is 2.95 bits per heavy atom. The van der Waals surface area contributed by atoms with E-state index in [1.165, 1.54) is 23.7 Å². The van der Waals surface area contributed by atoms with Crippen molar-refractivity contribution in [3.63, 3.8) is 0 Å². The van der Waals surface area contributed by atoms with Gasteiger partial charge < -0.3 is 0 Å². The van der Waals surface area contributed by atoms with Crippen molar-refractivity contribution in [1.82, 2.24) is 30.6 Å². The zero-order valence-corrected chi connectivity index (χ0v) is 11.6. The van der Waals surface area contributed by atoms with Crippen LogP contribution in [0.1, 0.15) is 5.82 Å². The zero-order chi connectivity index (χ0) is 13.1. The first kappa shape index (κ1) is 12.2. The number of aromatic nitrogens is 7. The van der Waals surface area contributed by atoms with Crippen LogP contribution < -0.4 is 3.97 Å². The molecule has 0 aromatic carbocycles. The highest BCUT2D eigenvalue weighted by atomic mass is 32.2. The van der Waals surface area contributed by atoms with Crippen LogP contribution in [0.4, 0.5) is 0 Å². The third-order valence-corrected chi connectivity index (χ3v) is 4.07. The molecule has 0 amide bonds. The average Bonchev–Trinajstić information content (AvgIpc) is 3.04. The minimum atomic E-state index is 0.693. The minimum absolute atomic E-state index is 0.693. The van der Waals surface area contributed by atoms with Gasteiger partial charge in [0.05, 0.1) is 6.20 Å². The van der Waals surface area contributed by atoms with Crippen molar-refractivity contribution in [2.75, 3.05) is 0 Å². The van der Waals surface area contributed by atoms with E-state index in [9.17, 15) is 0 Å². The minimum Gasteiger partial charge on any atom is -0.262 e. The molecule has 0 fully saturated rings. The molecule has 0 radical (unpaired) electrons. The summed E-state index contributed by atoms with van der Waals surface area (Å²) >= 11 is 2.96. The first-order valence-electron chi connectivity index (χ1n) is 5.43. The number of H-pyrrole nitrogens is 2. The predicted molar refractivity (Wildman–Crippen MR) is 69.5 cm³/mol. The SMILES string of the molecule is Cc1nc(Sc2cccc[n+]2Sc2cn[nH]n2)n[nH]1. The molecule has 0 spiro atoms. The fourth-order valence-electron chi connectivity index (χ4n) is 1.36. The Bertz CT molecular complexity index is 664. The molecule has 0 atom stereocenters. The molecule has 0 unspecified atom stereocenters. The Labute approximate surface area is 117 Å². The Balaban J connectivity index is 1.84. The summed E-state index contributed by atoms with van der Waals surface area (Å²) in [4.78, 5) is 4.28. The Morgan fingerprint density at radius 1 is 1.26 bits per heavy atom. The van der Waals surface area contributed by atoms with E-state index in [0.717, 1.165) is 15.9 Å². The van der Waals surface area contributed by atoms with Crippen LogP contribution in [0.3, 0.4) is 0 Å². The van der Waals surface area contributed by atoms with E-state index in [0.29, 0.717) is 5.16 Å². The maximum Gasteiger partial charge on any atom is 0.261 e. The van der Waals surface area contributed by atoms with Crippen LogP contribution >= 0.6 is 23.7 Å². The quantitative estimate of drug-likeness (QED) is 0.703. The topological polar surface area (TPSA) is 87.0 Å². The lowest BCUT2D eigenvalue weighted by molar-refractivity contribution is -0.539. The van der Waals surface area contributed by atoms with Gasteiger partial charge in [-0.25, -0.2) is 4.98 Å². The number of nitrogens with one attached hydrogen (secondary N) is 2. The number of nitrogens with zero attached hydrogens (tertiary/aromatic N) is 5. The molecule has 0 saturated carbocycles. The van der Waals surface area contributed by atoms with Crippen molar-refractivity contribution >= 4 is 23.7 Å². The molecule has 3 aromatic heterocycles. The van der Waals surface area contributed by atoms with E-state index in [1.807, 2.05) is 35.3 Å². The molecule has 7 nitrogen and oxygen atoms in total. The highest BCUT2D eigenvalue weighted by Crippen LogP contribution is 2.23. The van der Waals surface area contributed by atoms with Crippen molar-refractivity contribution in [2.24, 2.45) is 0 Å². The van der Waals surface area contributed by atoms with Crippen LogP contribution in [0.15, 0.2) is 45.8 Å². The number of hydrogen-bond acceptors (Lipinski definition) is 6. The van der Waals surface area contributed by atoms with Crippen molar-refractivity contribution in [1.29, 1.82) is 0 Å². The summed E-state index contributed by atoms with van der Waals surface area (Å²) in [5.74, 6) is 0.800. The van der Waals surface area contributed by atoms with Gasteiger partial charge in [0.25, 0.3) is 5.03 Å². The largest absolute Gasteiger partial charge is 0.262 e. The van der Waals surface area contributed by atoms with E-state index in [1.54, 1.807) is 6.20 Å². The van der Waals surface area contributed by atoms with E-state index in [-0.39, 0.29) is 0 Å². The average molecular weight is 292 g/mol. The molecule has 3 rings (SSSR count). The maximum atomic E-state index is 4.28. The van der Waals surface area contributed by atoms with Crippen LogP contribution in [0.5, 0.6) is 0 Å². The third kappa shape index (κ3) is 2.93. The Hall–Kier alpha value is -1.87. The third-order valence-electron chi connectivity index (χ3n) is 2.15. The van der Waals surface area contributed by atoms with Gasteiger partial charge in [-0.15, -0.1) is 14.2 Å². The molecule has 96 valence electrons. The van der Waals surface area contributed by atoms with Gasteiger partial charge in [-0.1, -0.05) is 0 Å². The second-order valence-corrected chi connectivity index (χ2v) is 5.55. The molecule has 0 saturated heterocycles. The molecule has 9 heteroatoms. The van der Waals surface area contributed by atoms with Gasteiger partial charge in [0.2, 0.25) is 22.1 Å². The summed E-state index contributed by atoms with van der Waals surface area (Å²) in [5.41, 5.74) is 0. The van der Waals surface area contributed by atoms with E-state index < -0.39 is 0 Å². The van der Waals surface area contributed by atoms with Crippen LogP contribution in [0.2, 0.25) is 0 Å². The van der Waals surface area contributed by atoms with E-state index in [4.69, 9.17) is 0 Å². The van der Waals surface area contributed by atoms with E-state index in [2.05, 4.69) is 30.6 Å². The Morgan fingerprint density at radius 2 is 2.21 bits per heavy atom. The molecule has 3 heterocycles. The van der Waals surface area contributed by atoms with Gasteiger partial charge in [0.15, 0.2) is 6.20 Å². The van der Waals surface area contributed by atoms with E-state index >= 15 is 0 Å². The lowest BCUT2D eigenvalue weighted by atomic mass is 10.5. The van der Waals surface area contributed by atoms with Crippen molar-refractivity contribution in [3.05, 3.63) is 36.4 Å². The van der Waals surface area contributed by atoms with Crippen molar-refractivity contribution in [3.8, 4) is 0 Å². The Kier molecular flexibility index (Phi) is 3.47. The number of rotatable bonds is 4. The molecular weight excluding hydrogens is 282 g/mol. The molecule has 0 aliphatic rings. The lowest BCUT2D eigenvalue weighted by Crippen LogP contribution is -2.27. The predicted octanol–water partition coefficient (Wildman–Crippen LogP) is 1.23. The molecule has 19 heavy (non-hydrogen) atoms. The first-order chi connectivity index (χ1) is 9.31. The highest BCUT2D eigenvalue weighted by molar-refractivity contribution is 7.99. The highest BCUT2D eigenvalue weighted by Gasteiger charge is 2.17.